The van der Waals surface area contributed by atoms with Gasteiger partial charge in [0, 0.05) is 51.2 Å². The molecule has 1 fully saturated rings. The van der Waals surface area contributed by atoms with Crippen molar-refractivity contribution >= 4 is 22.0 Å². The molecule has 9 heteroatoms. The van der Waals surface area contributed by atoms with Crippen LogP contribution in [0.2, 0.25) is 0 Å². The molecule has 0 saturated carbocycles. The van der Waals surface area contributed by atoms with E-state index in [0.717, 1.165) is 22.5 Å². The van der Waals surface area contributed by atoms with Gasteiger partial charge in [-0.2, -0.15) is 9.57 Å². The van der Waals surface area contributed by atoms with Crippen LogP contribution >= 0.6 is 0 Å². The average molecular weight is 485 g/mol. The molecule has 2 aromatic rings. The van der Waals surface area contributed by atoms with Crippen LogP contribution in [0.15, 0.2) is 34.7 Å². The highest BCUT2D eigenvalue weighted by atomic mass is 32.2. The zero-order valence-electron chi connectivity index (χ0n) is 20.5. The van der Waals surface area contributed by atoms with Gasteiger partial charge in [-0.25, -0.2) is 8.42 Å². The summed E-state index contributed by atoms with van der Waals surface area (Å²) in [6, 6.07) is 9.35. The first-order valence-electron chi connectivity index (χ1n) is 11.2. The summed E-state index contributed by atoms with van der Waals surface area (Å²) in [7, 11) is -2.00. The maximum absolute atomic E-state index is 13.2. The number of carbonyl (C=O) groups excluding carboxylic acids is 1. The molecule has 1 aromatic heterocycles. The Morgan fingerprint density at radius 2 is 1.79 bits per heavy atom. The van der Waals surface area contributed by atoms with E-state index in [2.05, 4.69) is 4.57 Å². The van der Waals surface area contributed by atoms with Crippen molar-refractivity contribution < 1.29 is 17.9 Å². The third-order valence-corrected chi connectivity index (χ3v) is 8.31. The van der Waals surface area contributed by atoms with Gasteiger partial charge < -0.3 is 14.2 Å². The lowest BCUT2D eigenvalue weighted by Crippen LogP contribution is -2.50. The summed E-state index contributed by atoms with van der Waals surface area (Å²) in [6.45, 7) is 9.66. The van der Waals surface area contributed by atoms with Crippen molar-refractivity contribution in [1.82, 2.24) is 13.8 Å². The maximum atomic E-state index is 13.2. The predicted molar refractivity (Wildman–Crippen MR) is 131 cm³/mol. The summed E-state index contributed by atoms with van der Waals surface area (Å²) in [5.74, 6) is -0.382. The summed E-state index contributed by atoms with van der Waals surface area (Å²) in [5.41, 5.74) is 4.41. The highest BCUT2D eigenvalue weighted by molar-refractivity contribution is 7.89. The van der Waals surface area contributed by atoms with Crippen molar-refractivity contribution in [1.29, 1.82) is 5.26 Å². The van der Waals surface area contributed by atoms with Gasteiger partial charge in [-0.1, -0.05) is 12.1 Å². The Morgan fingerprint density at radius 3 is 2.41 bits per heavy atom. The lowest BCUT2D eigenvalue weighted by molar-refractivity contribution is -0.127. The number of piperazine rings is 1. The number of hydrogen-bond donors (Lipinski definition) is 0. The number of aryl methyl sites for hydroxylation is 3. The van der Waals surface area contributed by atoms with Gasteiger partial charge in [0.05, 0.1) is 11.5 Å². The minimum atomic E-state index is -3.65. The Bertz CT molecular complexity index is 1250. The first kappa shape index (κ1) is 25.7. The van der Waals surface area contributed by atoms with Crippen molar-refractivity contribution in [3.05, 3.63) is 57.9 Å². The van der Waals surface area contributed by atoms with Gasteiger partial charge in [-0.15, -0.1) is 0 Å². The van der Waals surface area contributed by atoms with Crippen molar-refractivity contribution in [2.75, 3.05) is 39.9 Å². The van der Waals surface area contributed by atoms with E-state index in [-0.39, 0.29) is 37.7 Å². The van der Waals surface area contributed by atoms with Crippen molar-refractivity contribution in [2.24, 2.45) is 0 Å². The molecule has 0 aliphatic carbocycles. The number of carbonyl (C=O) groups is 1. The standard InChI is InChI=1S/C25H32N4O4S/c1-18-6-7-19(2)24(14-18)34(31,32)28-10-8-27(9-11-28)25(30)23(17-26)16-22-15-20(3)29(21(22)4)12-13-33-5/h6-7,14-16H,8-13H2,1-5H3/b23-16+. The van der Waals surface area contributed by atoms with E-state index in [9.17, 15) is 18.5 Å². The number of benzene rings is 1. The molecule has 1 saturated heterocycles. The van der Waals surface area contributed by atoms with E-state index in [4.69, 9.17) is 4.74 Å². The monoisotopic (exact) mass is 484 g/mol. The van der Waals surface area contributed by atoms with Gasteiger partial charge in [0.15, 0.2) is 0 Å². The number of sulfonamides is 1. The molecular formula is C25H32N4O4S. The van der Waals surface area contributed by atoms with E-state index >= 15 is 0 Å². The van der Waals surface area contributed by atoms with Crippen molar-refractivity contribution in [3.8, 4) is 6.07 Å². The van der Waals surface area contributed by atoms with E-state index in [1.54, 1.807) is 37.1 Å². The fourth-order valence-electron chi connectivity index (χ4n) is 4.22. The van der Waals surface area contributed by atoms with Crippen molar-refractivity contribution in [3.63, 3.8) is 0 Å². The Labute approximate surface area is 202 Å². The minimum Gasteiger partial charge on any atom is -0.383 e. The molecule has 0 unspecified atom stereocenters. The number of methoxy groups -OCH3 is 1. The predicted octanol–water partition coefficient (Wildman–Crippen LogP) is 2.81. The van der Waals surface area contributed by atoms with Crippen LogP contribution in [-0.4, -0.2) is 68.0 Å². The lowest BCUT2D eigenvalue weighted by atomic mass is 10.1. The normalized spacial score (nSPS) is 15.4. The van der Waals surface area contributed by atoms with E-state index in [1.807, 2.05) is 39.0 Å². The molecule has 2 heterocycles. The smallest absolute Gasteiger partial charge is 0.264 e. The Hall–Kier alpha value is -2.93. The molecule has 1 aliphatic heterocycles. The summed E-state index contributed by atoms with van der Waals surface area (Å²) in [4.78, 5) is 14.9. The second-order valence-electron chi connectivity index (χ2n) is 8.61. The van der Waals surface area contributed by atoms with Crippen LogP contribution in [0.25, 0.3) is 6.08 Å². The fourth-order valence-corrected chi connectivity index (χ4v) is 5.96. The molecule has 8 nitrogen and oxygen atoms in total. The van der Waals surface area contributed by atoms with E-state index < -0.39 is 10.0 Å². The van der Waals surface area contributed by atoms with Gasteiger partial charge in [0.25, 0.3) is 5.91 Å². The average Bonchev–Trinajstić information content (AvgIpc) is 3.09. The number of rotatable bonds is 7. The summed E-state index contributed by atoms with van der Waals surface area (Å²) in [5, 5.41) is 9.68. The first-order chi connectivity index (χ1) is 16.1. The Kier molecular flexibility index (Phi) is 7.97. The van der Waals surface area contributed by atoms with Gasteiger partial charge in [0.2, 0.25) is 10.0 Å². The third kappa shape index (κ3) is 5.25. The second kappa shape index (κ2) is 10.6. The van der Waals surface area contributed by atoms with Crippen LogP contribution in [0.3, 0.4) is 0 Å². The molecule has 182 valence electrons. The van der Waals surface area contributed by atoms with Gasteiger partial charge in [-0.05, 0) is 62.6 Å². The number of amides is 1. The molecule has 1 amide bonds. The SMILES string of the molecule is COCCn1c(C)cc(/C=C(\C#N)C(=O)N2CCN(S(=O)(=O)c3cc(C)ccc3C)CC2)c1C. The van der Waals surface area contributed by atoms with Crippen LogP contribution in [0.4, 0.5) is 0 Å². The molecule has 3 rings (SSSR count). The van der Waals surface area contributed by atoms with Crippen LogP contribution in [-0.2, 0) is 26.1 Å². The molecule has 0 N–H and O–H groups in total. The Morgan fingerprint density at radius 1 is 1.12 bits per heavy atom. The van der Waals surface area contributed by atoms with Crippen molar-refractivity contribution in [2.45, 2.75) is 39.1 Å². The number of ether oxygens (including phenoxy) is 1. The fraction of sp³-hybridized carbons (Fsp3) is 0.440. The zero-order valence-corrected chi connectivity index (χ0v) is 21.3. The molecule has 0 atom stereocenters. The number of aromatic nitrogens is 1. The molecule has 0 spiro atoms. The first-order valence-corrected chi connectivity index (χ1v) is 12.7. The minimum absolute atomic E-state index is 0.0397. The molecule has 1 aliphatic rings. The largest absolute Gasteiger partial charge is 0.383 e. The highest BCUT2D eigenvalue weighted by Gasteiger charge is 2.32. The number of hydrogen-bond acceptors (Lipinski definition) is 5. The van der Waals surface area contributed by atoms with Crippen LogP contribution < -0.4 is 0 Å². The molecule has 0 radical (unpaired) electrons. The third-order valence-electron chi connectivity index (χ3n) is 6.27. The number of nitrogens with zero attached hydrogens (tertiary/aromatic N) is 4. The lowest BCUT2D eigenvalue weighted by Gasteiger charge is -2.34. The Balaban J connectivity index is 1.74. The molecule has 34 heavy (non-hydrogen) atoms. The molecular weight excluding hydrogens is 452 g/mol. The van der Waals surface area contributed by atoms with Crippen LogP contribution in [0.1, 0.15) is 28.1 Å². The maximum Gasteiger partial charge on any atom is 0.264 e. The van der Waals surface area contributed by atoms with Crippen LogP contribution in [0, 0.1) is 39.0 Å². The molecule has 0 bridgehead atoms. The topological polar surface area (TPSA) is 95.6 Å². The summed E-state index contributed by atoms with van der Waals surface area (Å²) in [6.07, 6.45) is 1.62. The van der Waals surface area contributed by atoms with E-state index in [0.29, 0.717) is 23.6 Å². The van der Waals surface area contributed by atoms with Crippen LogP contribution in [0.5, 0.6) is 0 Å². The highest BCUT2D eigenvalue weighted by Crippen LogP contribution is 2.23. The number of nitriles is 1. The molecule has 1 aromatic carbocycles. The van der Waals surface area contributed by atoms with E-state index in [1.165, 1.54) is 4.31 Å². The zero-order chi connectivity index (χ0) is 25.0. The summed E-state index contributed by atoms with van der Waals surface area (Å²) < 4.78 is 35.0. The van der Waals surface area contributed by atoms with Gasteiger partial charge >= 0.3 is 0 Å². The van der Waals surface area contributed by atoms with Gasteiger partial charge in [-0.3, -0.25) is 4.79 Å². The summed E-state index contributed by atoms with van der Waals surface area (Å²) >= 11 is 0. The second-order valence-corrected chi connectivity index (χ2v) is 10.5. The quantitative estimate of drug-likeness (QED) is 0.445. The van der Waals surface area contributed by atoms with Gasteiger partial charge in [0.1, 0.15) is 11.6 Å².